The van der Waals surface area contributed by atoms with Gasteiger partial charge in [-0.05, 0) is 0 Å². The molecule has 0 bridgehead atoms. The summed E-state index contributed by atoms with van der Waals surface area (Å²) in [5, 5.41) is 9.90. The van der Waals surface area contributed by atoms with Gasteiger partial charge in [-0.15, -0.1) is 0 Å². The Balaban J connectivity index is 3.14. The first kappa shape index (κ1) is 11.8. The van der Waals surface area contributed by atoms with Crippen molar-refractivity contribution >= 4 is 11.6 Å². The number of nitro groups is 1. The Morgan fingerprint density at radius 1 is 1.60 bits per heavy atom. The molecule has 0 saturated heterocycles. The van der Waals surface area contributed by atoms with Gasteiger partial charge in [-0.25, -0.2) is 0 Å². The van der Waals surface area contributed by atoms with Crippen molar-refractivity contribution in [1.82, 2.24) is 5.32 Å². The summed E-state index contributed by atoms with van der Waals surface area (Å²) in [6.45, 7) is 0. The average molecular weight is 244 g/mol. The Kier molecular flexibility index (Phi) is 2.66. The summed E-state index contributed by atoms with van der Waals surface area (Å²) in [6.07, 6.45) is -3.76. The van der Waals surface area contributed by atoms with E-state index in [1.165, 1.54) is 0 Å². The van der Waals surface area contributed by atoms with Gasteiger partial charge < -0.3 is 5.32 Å². The van der Waals surface area contributed by atoms with Gasteiger partial charge in [0, 0.05) is 12.2 Å². The molecule has 0 aliphatic carbocycles. The van der Waals surface area contributed by atoms with Gasteiger partial charge >= 0.3 is 6.18 Å². The molecule has 1 aliphatic heterocycles. The molecular weight excluding hydrogens is 239 g/mol. The van der Waals surface area contributed by atoms with Crippen LogP contribution in [0.4, 0.5) is 13.2 Å². The monoisotopic (exact) mass is 243 g/mol. The molecule has 0 amide bonds. The van der Waals surface area contributed by atoms with Crippen LogP contribution in [0.2, 0.25) is 0 Å². The van der Waals surface area contributed by atoms with E-state index in [0.29, 0.717) is 12.2 Å². The fraction of sp³-hybridized carbons (Fsp3) is 0.333. The number of hydrogen-bond acceptors (Lipinski definition) is 4. The fourth-order valence-corrected chi connectivity index (χ4v) is 1.16. The highest BCUT2D eigenvalue weighted by molar-refractivity contribution is 6.24. The second kappa shape index (κ2) is 3.38. The van der Waals surface area contributed by atoms with Crippen molar-refractivity contribution in [3.63, 3.8) is 0 Å². The molecule has 1 atom stereocenters. The summed E-state index contributed by atoms with van der Waals surface area (Å²) in [4.78, 5) is 9.29. The van der Waals surface area contributed by atoms with E-state index >= 15 is 0 Å². The molecule has 3 N–H and O–H groups in total. The van der Waals surface area contributed by atoms with Crippen LogP contribution in [0.15, 0.2) is 23.5 Å². The van der Waals surface area contributed by atoms with Gasteiger partial charge in [0.15, 0.2) is 5.12 Å². The molecule has 1 aliphatic rings. The smallest absolute Gasteiger partial charge is 0.347 e. The van der Waals surface area contributed by atoms with Gasteiger partial charge in [0.25, 0.3) is 5.70 Å². The van der Waals surface area contributed by atoms with E-state index in [0.717, 1.165) is 0 Å². The zero-order chi connectivity index (χ0) is 11.9. The van der Waals surface area contributed by atoms with Crippen LogP contribution in [-0.4, -0.2) is 16.2 Å². The molecule has 1 rings (SSSR count). The van der Waals surface area contributed by atoms with Crippen LogP contribution in [0.1, 0.15) is 0 Å². The summed E-state index contributed by atoms with van der Waals surface area (Å²) in [5.41, 5.74) is 2.97. The third kappa shape index (κ3) is 2.83. The van der Waals surface area contributed by atoms with Crippen LogP contribution in [0.3, 0.4) is 0 Å². The van der Waals surface area contributed by atoms with Crippen LogP contribution in [0.25, 0.3) is 0 Å². The molecule has 0 spiro atoms. The van der Waals surface area contributed by atoms with Crippen molar-refractivity contribution in [3.05, 3.63) is 33.7 Å². The summed E-state index contributed by atoms with van der Waals surface area (Å²) in [6, 6.07) is 0. The molecule has 0 fully saturated rings. The molecular formula is C6H5ClF3N3O2. The first-order chi connectivity index (χ1) is 6.62. The SMILES string of the molecule is NC1(Cl)C=C([N+](=O)[O-])C=C(C(F)(F)F)N1. The Hall–Kier alpha value is -1.28. The molecule has 1 heterocycles. The van der Waals surface area contributed by atoms with Gasteiger partial charge in [-0.2, -0.15) is 13.2 Å². The second-order valence-electron chi connectivity index (χ2n) is 2.78. The maximum absolute atomic E-state index is 12.2. The van der Waals surface area contributed by atoms with Crippen LogP contribution < -0.4 is 11.1 Å². The maximum Gasteiger partial charge on any atom is 0.431 e. The molecule has 84 valence electrons. The first-order valence-corrected chi connectivity index (χ1v) is 3.92. The van der Waals surface area contributed by atoms with Crippen LogP contribution >= 0.6 is 11.6 Å². The van der Waals surface area contributed by atoms with Gasteiger partial charge in [-0.1, -0.05) is 11.6 Å². The number of halogens is 4. The van der Waals surface area contributed by atoms with Crippen molar-refractivity contribution in [2.45, 2.75) is 11.3 Å². The lowest BCUT2D eigenvalue weighted by atomic mass is 10.2. The Bertz CT molecular complexity index is 361. The minimum absolute atomic E-state index is 0.327. The number of nitrogens with two attached hydrogens (primary N) is 1. The van der Waals surface area contributed by atoms with E-state index in [1.54, 1.807) is 5.32 Å². The number of dihydropyridines is 1. The predicted molar refractivity (Wildman–Crippen MR) is 45.1 cm³/mol. The summed E-state index contributed by atoms with van der Waals surface area (Å²) in [5.74, 6) is 0. The topological polar surface area (TPSA) is 81.2 Å². The molecule has 1 unspecified atom stereocenters. The molecule has 5 nitrogen and oxygen atoms in total. The third-order valence-corrected chi connectivity index (χ3v) is 1.70. The largest absolute Gasteiger partial charge is 0.431 e. The number of allylic oxidation sites excluding steroid dienone is 2. The highest BCUT2D eigenvalue weighted by atomic mass is 35.5. The standard InChI is InChI=1S/C6H5ClF3N3O2/c7-5(11)2-3(13(14)15)1-4(12-5)6(8,9)10/h1-2,12H,11H2. The quantitative estimate of drug-likeness (QED) is 0.312. The van der Waals surface area contributed by atoms with Crippen molar-refractivity contribution in [1.29, 1.82) is 0 Å². The van der Waals surface area contributed by atoms with Crippen LogP contribution in [0.5, 0.6) is 0 Å². The lowest BCUT2D eigenvalue weighted by Gasteiger charge is -2.26. The lowest BCUT2D eigenvalue weighted by molar-refractivity contribution is -0.420. The number of nitrogens with one attached hydrogen (secondary N) is 1. The fourth-order valence-electron chi connectivity index (χ4n) is 0.941. The van der Waals surface area contributed by atoms with E-state index in [1.807, 2.05) is 0 Å². The summed E-state index contributed by atoms with van der Waals surface area (Å²) in [7, 11) is 0. The molecule has 9 heteroatoms. The highest BCUT2D eigenvalue weighted by Gasteiger charge is 2.41. The zero-order valence-corrected chi connectivity index (χ0v) is 7.76. The highest BCUT2D eigenvalue weighted by Crippen LogP contribution is 2.30. The molecule has 15 heavy (non-hydrogen) atoms. The lowest BCUT2D eigenvalue weighted by Crippen LogP contribution is -2.51. The summed E-state index contributed by atoms with van der Waals surface area (Å²) < 4.78 is 36.7. The molecule has 0 radical (unpaired) electrons. The van der Waals surface area contributed by atoms with Crippen molar-refractivity contribution in [2.75, 3.05) is 0 Å². The van der Waals surface area contributed by atoms with E-state index in [-0.39, 0.29) is 0 Å². The number of rotatable bonds is 1. The normalized spacial score (nSPS) is 26.5. The minimum atomic E-state index is -4.77. The number of alkyl halides is 4. The number of hydrogen-bond donors (Lipinski definition) is 2. The maximum atomic E-state index is 12.2. The first-order valence-electron chi connectivity index (χ1n) is 3.54. The van der Waals surface area contributed by atoms with Crippen molar-refractivity contribution in [3.8, 4) is 0 Å². The van der Waals surface area contributed by atoms with E-state index < -0.39 is 27.6 Å². The Morgan fingerprint density at radius 3 is 2.53 bits per heavy atom. The van der Waals surface area contributed by atoms with E-state index in [2.05, 4.69) is 0 Å². The Morgan fingerprint density at radius 2 is 2.13 bits per heavy atom. The third-order valence-electron chi connectivity index (χ3n) is 1.49. The van der Waals surface area contributed by atoms with Gasteiger partial charge in [0.1, 0.15) is 5.70 Å². The average Bonchev–Trinajstić information content (AvgIpc) is 1.99. The predicted octanol–water partition coefficient (Wildman–Crippen LogP) is 1.05. The Labute approximate surface area is 86.5 Å². The molecule has 0 aromatic carbocycles. The van der Waals surface area contributed by atoms with Gasteiger partial charge in [-0.3, -0.25) is 15.8 Å². The van der Waals surface area contributed by atoms with Crippen LogP contribution in [0, 0.1) is 10.1 Å². The van der Waals surface area contributed by atoms with Gasteiger partial charge in [0.05, 0.1) is 4.92 Å². The zero-order valence-electron chi connectivity index (χ0n) is 7.01. The molecule has 0 aromatic heterocycles. The molecule has 0 aromatic rings. The molecule has 0 saturated carbocycles. The van der Waals surface area contributed by atoms with Crippen molar-refractivity contribution < 1.29 is 18.1 Å². The van der Waals surface area contributed by atoms with Crippen molar-refractivity contribution in [2.24, 2.45) is 5.73 Å². The number of nitrogens with zero attached hydrogens (tertiary/aromatic N) is 1. The van der Waals surface area contributed by atoms with E-state index in [9.17, 15) is 23.3 Å². The van der Waals surface area contributed by atoms with Crippen LogP contribution in [-0.2, 0) is 0 Å². The second-order valence-corrected chi connectivity index (χ2v) is 3.40. The summed E-state index contributed by atoms with van der Waals surface area (Å²) >= 11 is 5.36. The minimum Gasteiger partial charge on any atom is -0.347 e. The van der Waals surface area contributed by atoms with E-state index in [4.69, 9.17) is 17.3 Å². The van der Waals surface area contributed by atoms with Gasteiger partial charge in [0.2, 0.25) is 0 Å².